The van der Waals surface area contributed by atoms with Crippen LogP contribution in [0.1, 0.15) is 39.0 Å². The molecule has 27 heavy (non-hydrogen) atoms. The zero-order valence-electron chi connectivity index (χ0n) is 14.7. The number of rotatable bonds is 4. The van der Waals surface area contributed by atoms with Gasteiger partial charge < -0.3 is 10.0 Å². The molecule has 1 heterocycles. The quantitative estimate of drug-likeness (QED) is 0.759. The largest absolute Gasteiger partial charge is 0.481 e. The Morgan fingerprint density at radius 1 is 0.852 bits per heavy atom. The van der Waals surface area contributed by atoms with Gasteiger partial charge in [0.1, 0.15) is 5.92 Å². The minimum absolute atomic E-state index is 0.138. The third-order valence-electron chi connectivity index (χ3n) is 5.04. The van der Waals surface area contributed by atoms with Crippen molar-refractivity contribution in [2.24, 2.45) is 0 Å². The summed E-state index contributed by atoms with van der Waals surface area (Å²) >= 11 is 0. The molecule has 0 aromatic heterocycles. The molecule has 1 aliphatic heterocycles. The normalized spacial score (nSPS) is 18.8. The summed E-state index contributed by atoms with van der Waals surface area (Å²) in [5.41, 5.74) is 2.83. The minimum Gasteiger partial charge on any atom is -0.481 e. The Kier molecular flexibility index (Phi) is 4.47. The van der Waals surface area contributed by atoms with Crippen molar-refractivity contribution in [3.63, 3.8) is 0 Å². The lowest BCUT2D eigenvalue weighted by atomic mass is 9.79. The van der Waals surface area contributed by atoms with Crippen molar-refractivity contribution < 1.29 is 14.7 Å². The number of aliphatic carboxylic acids is 1. The number of nitrogens with zero attached hydrogens (tertiary/aromatic N) is 1. The molecule has 4 heteroatoms. The molecule has 2 atom stereocenters. The highest BCUT2D eigenvalue weighted by Gasteiger charge is 2.44. The molecule has 0 saturated heterocycles. The van der Waals surface area contributed by atoms with Crippen molar-refractivity contribution in [3.8, 4) is 0 Å². The number of carboxylic acids is 1. The van der Waals surface area contributed by atoms with E-state index in [-0.39, 0.29) is 5.91 Å². The first-order valence-corrected chi connectivity index (χ1v) is 8.88. The maximum absolute atomic E-state index is 13.3. The fourth-order valence-corrected chi connectivity index (χ4v) is 3.83. The molecule has 1 amide bonds. The van der Waals surface area contributed by atoms with E-state index in [1.165, 1.54) is 0 Å². The highest BCUT2D eigenvalue weighted by Crippen LogP contribution is 2.43. The van der Waals surface area contributed by atoms with Gasteiger partial charge >= 0.3 is 5.97 Å². The van der Waals surface area contributed by atoms with E-state index in [9.17, 15) is 14.7 Å². The Hall–Kier alpha value is -3.40. The smallest absolute Gasteiger partial charge is 0.313 e. The van der Waals surface area contributed by atoms with Crippen molar-refractivity contribution in [3.05, 3.63) is 107 Å². The molecule has 1 N–H and O–H groups in total. The van der Waals surface area contributed by atoms with Crippen LogP contribution in [0.15, 0.2) is 84.9 Å². The molecule has 0 saturated carbocycles. The van der Waals surface area contributed by atoms with Gasteiger partial charge in [0, 0.05) is 12.1 Å². The van der Waals surface area contributed by atoms with Crippen LogP contribution in [-0.2, 0) is 11.3 Å². The van der Waals surface area contributed by atoms with E-state index in [0.717, 1.165) is 11.1 Å². The van der Waals surface area contributed by atoms with Gasteiger partial charge in [-0.1, -0.05) is 78.9 Å². The molecule has 134 valence electrons. The monoisotopic (exact) mass is 357 g/mol. The summed E-state index contributed by atoms with van der Waals surface area (Å²) in [5.74, 6) is -1.88. The lowest BCUT2D eigenvalue weighted by Gasteiger charge is -2.41. The van der Waals surface area contributed by atoms with E-state index >= 15 is 0 Å². The Morgan fingerprint density at radius 2 is 1.44 bits per heavy atom. The summed E-state index contributed by atoms with van der Waals surface area (Å²) < 4.78 is 0. The van der Waals surface area contributed by atoms with Gasteiger partial charge in [0.2, 0.25) is 0 Å². The van der Waals surface area contributed by atoms with Crippen LogP contribution in [0.3, 0.4) is 0 Å². The fraction of sp³-hybridized carbons (Fsp3) is 0.130. The second kappa shape index (κ2) is 7.08. The van der Waals surface area contributed by atoms with Crippen molar-refractivity contribution >= 4 is 11.9 Å². The van der Waals surface area contributed by atoms with Crippen LogP contribution in [0.5, 0.6) is 0 Å². The summed E-state index contributed by atoms with van der Waals surface area (Å²) in [6.45, 7) is 0.358. The number of carbonyl (C=O) groups excluding carboxylic acids is 1. The first-order chi connectivity index (χ1) is 13.2. The van der Waals surface area contributed by atoms with E-state index in [0.29, 0.717) is 17.7 Å². The zero-order valence-corrected chi connectivity index (χ0v) is 14.7. The Morgan fingerprint density at radius 3 is 2.11 bits per heavy atom. The van der Waals surface area contributed by atoms with Gasteiger partial charge in [0.25, 0.3) is 5.91 Å². The van der Waals surface area contributed by atoms with Crippen LogP contribution >= 0.6 is 0 Å². The lowest BCUT2D eigenvalue weighted by Crippen LogP contribution is -2.44. The lowest BCUT2D eigenvalue weighted by molar-refractivity contribution is -0.140. The number of carbonyl (C=O) groups is 2. The molecule has 4 nitrogen and oxygen atoms in total. The Bertz CT molecular complexity index is 969. The number of hydrogen-bond acceptors (Lipinski definition) is 2. The van der Waals surface area contributed by atoms with Gasteiger partial charge in [-0.25, -0.2) is 0 Å². The van der Waals surface area contributed by atoms with E-state index < -0.39 is 17.9 Å². The molecule has 0 unspecified atom stereocenters. The number of amides is 1. The van der Waals surface area contributed by atoms with Crippen LogP contribution in [0.2, 0.25) is 0 Å². The van der Waals surface area contributed by atoms with Gasteiger partial charge in [-0.3, -0.25) is 9.59 Å². The number of carboxylic acid groups (broad SMARTS) is 1. The molecule has 0 spiro atoms. The van der Waals surface area contributed by atoms with Gasteiger partial charge in [-0.2, -0.15) is 0 Å². The molecule has 0 radical (unpaired) electrons. The first-order valence-electron chi connectivity index (χ1n) is 8.88. The maximum atomic E-state index is 13.3. The predicted molar refractivity (Wildman–Crippen MR) is 102 cm³/mol. The number of fused-ring (bicyclic) bond motifs is 1. The number of hydrogen-bond donors (Lipinski definition) is 1. The minimum atomic E-state index is -0.929. The summed E-state index contributed by atoms with van der Waals surface area (Å²) in [6, 6.07) is 25.5. The Balaban J connectivity index is 1.88. The second-order valence-electron chi connectivity index (χ2n) is 6.68. The second-order valence-corrected chi connectivity index (χ2v) is 6.68. The SMILES string of the molecule is O=C(O)[C@@H]1c2ccccc2C(=O)N(Cc2ccccc2)[C@@H]1c1ccccc1. The third kappa shape index (κ3) is 3.10. The zero-order chi connectivity index (χ0) is 18.8. The first kappa shape index (κ1) is 17.0. The van der Waals surface area contributed by atoms with Gasteiger partial charge in [0.05, 0.1) is 6.04 Å². The topological polar surface area (TPSA) is 57.6 Å². The summed E-state index contributed by atoms with van der Waals surface area (Å²) in [6.07, 6.45) is 0. The molecule has 3 aromatic rings. The maximum Gasteiger partial charge on any atom is 0.313 e. The van der Waals surface area contributed by atoms with Crippen LogP contribution < -0.4 is 0 Å². The van der Waals surface area contributed by atoms with Crippen molar-refractivity contribution in [1.29, 1.82) is 0 Å². The molecule has 0 aliphatic carbocycles. The highest BCUT2D eigenvalue weighted by molar-refractivity contribution is 6.00. The van der Waals surface area contributed by atoms with Gasteiger partial charge in [-0.05, 0) is 22.8 Å². The molecule has 1 aliphatic rings. The number of benzene rings is 3. The van der Waals surface area contributed by atoms with Gasteiger partial charge in [0.15, 0.2) is 0 Å². The highest BCUT2D eigenvalue weighted by atomic mass is 16.4. The molecule has 0 bridgehead atoms. The standard InChI is InChI=1S/C23H19NO3/c25-22-19-14-8-7-13-18(19)20(23(26)27)21(17-11-5-2-6-12-17)24(22)15-16-9-3-1-4-10-16/h1-14,20-21H,15H2,(H,26,27)/t20-,21-/m1/s1. The fourth-order valence-electron chi connectivity index (χ4n) is 3.83. The van der Waals surface area contributed by atoms with Crippen LogP contribution in [0, 0.1) is 0 Å². The van der Waals surface area contributed by atoms with Gasteiger partial charge in [-0.15, -0.1) is 0 Å². The van der Waals surface area contributed by atoms with E-state index in [4.69, 9.17) is 0 Å². The summed E-state index contributed by atoms with van der Waals surface area (Å²) in [4.78, 5) is 27.3. The van der Waals surface area contributed by atoms with Crippen molar-refractivity contribution in [2.45, 2.75) is 18.5 Å². The summed E-state index contributed by atoms with van der Waals surface area (Å²) in [5, 5.41) is 10.0. The molecule has 3 aromatic carbocycles. The molecule has 4 rings (SSSR count). The van der Waals surface area contributed by atoms with E-state index in [1.54, 1.807) is 29.2 Å². The van der Waals surface area contributed by atoms with Crippen LogP contribution in [0.4, 0.5) is 0 Å². The molecular formula is C23H19NO3. The van der Waals surface area contributed by atoms with Crippen molar-refractivity contribution in [1.82, 2.24) is 4.90 Å². The van der Waals surface area contributed by atoms with E-state index in [2.05, 4.69) is 0 Å². The van der Waals surface area contributed by atoms with Crippen LogP contribution in [0.25, 0.3) is 0 Å². The summed E-state index contributed by atoms with van der Waals surface area (Å²) in [7, 11) is 0. The predicted octanol–water partition coefficient (Wildman–Crippen LogP) is 4.25. The molecular weight excluding hydrogens is 338 g/mol. The molecule has 0 fully saturated rings. The third-order valence-corrected chi connectivity index (χ3v) is 5.04. The average molecular weight is 357 g/mol. The Labute approximate surface area is 157 Å². The average Bonchev–Trinajstić information content (AvgIpc) is 2.71. The van der Waals surface area contributed by atoms with Crippen LogP contribution in [-0.4, -0.2) is 21.9 Å². The van der Waals surface area contributed by atoms with E-state index in [1.807, 2.05) is 60.7 Å². The van der Waals surface area contributed by atoms with Crippen molar-refractivity contribution in [2.75, 3.05) is 0 Å².